The van der Waals surface area contributed by atoms with Gasteiger partial charge in [0.2, 0.25) is 0 Å². The summed E-state index contributed by atoms with van der Waals surface area (Å²) in [6, 6.07) is 15.0. The number of hydrogen-bond acceptors (Lipinski definition) is 4. The smallest absolute Gasteiger partial charge is 0.320 e. The molecular formula is C14H9Cl2N3O. The summed E-state index contributed by atoms with van der Waals surface area (Å²) >= 11 is 12.0. The van der Waals surface area contributed by atoms with Crippen molar-refractivity contribution in [3.63, 3.8) is 0 Å². The zero-order chi connectivity index (χ0) is 13.9. The summed E-state index contributed by atoms with van der Waals surface area (Å²) in [6.07, 6.45) is 0. The molecule has 0 spiro atoms. The van der Waals surface area contributed by atoms with Gasteiger partial charge in [-0.2, -0.15) is 0 Å². The van der Waals surface area contributed by atoms with Gasteiger partial charge in [-0.25, -0.2) is 0 Å². The molecule has 0 amide bonds. The van der Waals surface area contributed by atoms with Crippen molar-refractivity contribution in [2.24, 2.45) is 0 Å². The van der Waals surface area contributed by atoms with Crippen LogP contribution in [0.25, 0.3) is 11.5 Å². The molecule has 0 aliphatic heterocycles. The second-order valence-corrected chi connectivity index (χ2v) is 4.87. The van der Waals surface area contributed by atoms with E-state index in [0.29, 0.717) is 27.5 Å². The van der Waals surface area contributed by atoms with Gasteiger partial charge in [-0.1, -0.05) is 46.5 Å². The van der Waals surface area contributed by atoms with Crippen LogP contribution in [0.5, 0.6) is 0 Å². The van der Waals surface area contributed by atoms with Crippen LogP contribution in [0.2, 0.25) is 10.0 Å². The van der Waals surface area contributed by atoms with Crippen molar-refractivity contribution in [2.45, 2.75) is 0 Å². The Morgan fingerprint density at radius 1 is 0.950 bits per heavy atom. The van der Waals surface area contributed by atoms with Crippen molar-refractivity contribution < 1.29 is 4.42 Å². The van der Waals surface area contributed by atoms with Gasteiger partial charge < -0.3 is 9.73 Å². The first-order chi connectivity index (χ1) is 9.72. The van der Waals surface area contributed by atoms with Crippen LogP contribution in [0, 0.1) is 0 Å². The molecule has 1 aromatic heterocycles. The molecule has 0 radical (unpaired) electrons. The van der Waals surface area contributed by atoms with E-state index in [9.17, 15) is 0 Å². The van der Waals surface area contributed by atoms with Crippen molar-refractivity contribution >= 4 is 34.9 Å². The van der Waals surface area contributed by atoms with Gasteiger partial charge in [0.05, 0.1) is 10.6 Å². The average molecular weight is 306 g/mol. The molecule has 0 aliphatic rings. The highest BCUT2D eigenvalue weighted by Gasteiger charge is 2.12. The summed E-state index contributed by atoms with van der Waals surface area (Å²) in [5.41, 5.74) is 1.51. The molecule has 4 nitrogen and oxygen atoms in total. The molecule has 1 heterocycles. The zero-order valence-corrected chi connectivity index (χ0v) is 11.7. The first-order valence-electron chi connectivity index (χ1n) is 5.83. The highest BCUT2D eigenvalue weighted by Crippen LogP contribution is 2.30. The van der Waals surface area contributed by atoms with E-state index in [1.165, 1.54) is 0 Å². The van der Waals surface area contributed by atoms with Crippen LogP contribution in [0.15, 0.2) is 52.9 Å². The first kappa shape index (κ1) is 13.0. The van der Waals surface area contributed by atoms with E-state index in [1.54, 1.807) is 18.2 Å². The summed E-state index contributed by atoms with van der Waals surface area (Å²) in [7, 11) is 0. The van der Waals surface area contributed by atoms with E-state index >= 15 is 0 Å². The molecular weight excluding hydrogens is 297 g/mol. The van der Waals surface area contributed by atoms with Crippen molar-refractivity contribution in [3.8, 4) is 11.5 Å². The Hall–Kier alpha value is -2.04. The Bertz CT molecular complexity index is 728. The van der Waals surface area contributed by atoms with Crippen LogP contribution in [-0.4, -0.2) is 10.2 Å². The van der Waals surface area contributed by atoms with Crippen LogP contribution in [0.3, 0.4) is 0 Å². The van der Waals surface area contributed by atoms with Crippen LogP contribution in [0.1, 0.15) is 0 Å². The summed E-state index contributed by atoms with van der Waals surface area (Å²) in [5.74, 6) is 0.338. The summed E-state index contributed by atoms with van der Waals surface area (Å²) in [4.78, 5) is 0. The van der Waals surface area contributed by atoms with E-state index in [2.05, 4.69) is 15.5 Å². The van der Waals surface area contributed by atoms with Gasteiger partial charge in [0, 0.05) is 10.7 Å². The summed E-state index contributed by atoms with van der Waals surface area (Å²) in [5, 5.41) is 11.9. The molecule has 100 valence electrons. The molecule has 3 aromatic rings. The molecule has 0 aliphatic carbocycles. The lowest BCUT2D eigenvalue weighted by atomic mass is 10.2. The second kappa shape index (κ2) is 5.53. The molecule has 1 N–H and O–H groups in total. The van der Waals surface area contributed by atoms with Gasteiger partial charge in [-0.3, -0.25) is 0 Å². The number of benzene rings is 2. The lowest BCUT2D eigenvalue weighted by Gasteiger charge is -2.00. The van der Waals surface area contributed by atoms with Gasteiger partial charge in [0.1, 0.15) is 0 Å². The van der Waals surface area contributed by atoms with Gasteiger partial charge in [0.15, 0.2) is 0 Å². The average Bonchev–Trinajstić information content (AvgIpc) is 2.88. The van der Waals surface area contributed by atoms with Crippen molar-refractivity contribution in [2.75, 3.05) is 5.32 Å². The minimum Gasteiger partial charge on any atom is -0.403 e. The molecule has 0 saturated carbocycles. The monoisotopic (exact) mass is 305 g/mol. The van der Waals surface area contributed by atoms with Crippen molar-refractivity contribution in [3.05, 3.63) is 58.6 Å². The van der Waals surface area contributed by atoms with Crippen molar-refractivity contribution in [1.82, 2.24) is 10.2 Å². The number of hydrogen-bond donors (Lipinski definition) is 1. The molecule has 3 rings (SSSR count). The number of nitrogens with one attached hydrogen (secondary N) is 1. The van der Waals surface area contributed by atoms with Crippen LogP contribution in [-0.2, 0) is 0 Å². The van der Waals surface area contributed by atoms with Gasteiger partial charge in [-0.15, -0.1) is 5.10 Å². The molecule has 2 aromatic carbocycles. The number of aromatic nitrogens is 2. The maximum atomic E-state index is 6.10. The molecule has 0 saturated heterocycles. The van der Waals surface area contributed by atoms with E-state index < -0.39 is 0 Å². The van der Waals surface area contributed by atoms with Gasteiger partial charge in [0.25, 0.3) is 5.89 Å². The third kappa shape index (κ3) is 2.76. The SMILES string of the molecule is Clc1ccc(-c2nnc(Nc3ccccc3)o2)c(Cl)c1. The quantitative estimate of drug-likeness (QED) is 0.756. The Morgan fingerprint density at radius 2 is 1.75 bits per heavy atom. The molecule has 0 bridgehead atoms. The zero-order valence-electron chi connectivity index (χ0n) is 10.2. The Kier molecular flexibility index (Phi) is 3.58. The van der Waals surface area contributed by atoms with Gasteiger partial charge in [-0.05, 0) is 30.3 Å². The maximum absolute atomic E-state index is 6.10. The largest absolute Gasteiger partial charge is 0.403 e. The van der Waals surface area contributed by atoms with Crippen LogP contribution < -0.4 is 5.32 Å². The van der Waals surface area contributed by atoms with E-state index in [-0.39, 0.29) is 0 Å². The minimum atomic E-state index is 0.303. The van der Waals surface area contributed by atoms with E-state index in [0.717, 1.165) is 5.69 Å². The Labute approximate surface area is 125 Å². The first-order valence-corrected chi connectivity index (χ1v) is 6.59. The predicted molar refractivity (Wildman–Crippen MR) is 79.5 cm³/mol. The number of nitrogens with zero attached hydrogens (tertiary/aromatic N) is 2. The Balaban J connectivity index is 1.87. The Morgan fingerprint density at radius 3 is 2.50 bits per heavy atom. The highest BCUT2D eigenvalue weighted by atomic mass is 35.5. The lowest BCUT2D eigenvalue weighted by Crippen LogP contribution is -1.88. The van der Waals surface area contributed by atoms with E-state index in [1.807, 2.05) is 30.3 Å². The topological polar surface area (TPSA) is 51.0 Å². The number of rotatable bonds is 3. The van der Waals surface area contributed by atoms with E-state index in [4.69, 9.17) is 27.6 Å². The fourth-order valence-corrected chi connectivity index (χ4v) is 2.18. The molecule has 0 unspecified atom stereocenters. The molecule has 20 heavy (non-hydrogen) atoms. The maximum Gasteiger partial charge on any atom is 0.320 e. The predicted octanol–water partition coefficient (Wildman–Crippen LogP) is 4.79. The number of anilines is 2. The summed E-state index contributed by atoms with van der Waals surface area (Å²) < 4.78 is 5.53. The standard InChI is InChI=1S/C14H9Cl2N3O/c15-9-6-7-11(12(16)8-9)13-18-19-14(20-13)17-10-4-2-1-3-5-10/h1-8H,(H,17,19). The fourth-order valence-electron chi connectivity index (χ4n) is 1.69. The van der Waals surface area contributed by atoms with Crippen molar-refractivity contribution in [1.29, 1.82) is 0 Å². The molecule has 0 atom stereocenters. The molecule has 0 fully saturated rings. The number of halogens is 2. The molecule has 6 heteroatoms. The third-order valence-electron chi connectivity index (χ3n) is 2.61. The minimum absolute atomic E-state index is 0.303. The fraction of sp³-hybridized carbons (Fsp3) is 0. The normalized spacial score (nSPS) is 10.5. The summed E-state index contributed by atoms with van der Waals surface area (Å²) in [6.45, 7) is 0. The second-order valence-electron chi connectivity index (χ2n) is 4.03. The number of para-hydroxylation sites is 1. The van der Waals surface area contributed by atoms with Crippen LogP contribution >= 0.6 is 23.2 Å². The van der Waals surface area contributed by atoms with Crippen LogP contribution in [0.4, 0.5) is 11.7 Å². The third-order valence-corrected chi connectivity index (χ3v) is 3.16. The highest BCUT2D eigenvalue weighted by molar-refractivity contribution is 6.36. The lowest BCUT2D eigenvalue weighted by molar-refractivity contribution is 0.587. The van der Waals surface area contributed by atoms with Gasteiger partial charge >= 0.3 is 6.01 Å².